The fourth-order valence-electron chi connectivity index (χ4n) is 3.01. The second-order valence-electron chi connectivity index (χ2n) is 6.08. The van der Waals surface area contributed by atoms with Gasteiger partial charge in [-0.3, -0.25) is 0 Å². The van der Waals surface area contributed by atoms with Crippen molar-refractivity contribution in [3.05, 3.63) is 91.0 Å². The molecule has 0 N–H and O–H groups in total. The number of benzene rings is 3. The lowest BCUT2D eigenvalue weighted by atomic mass is 10.4. The van der Waals surface area contributed by atoms with E-state index in [1.54, 1.807) is 5.80 Å². The highest BCUT2D eigenvalue weighted by Gasteiger charge is 2.28. The van der Waals surface area contributed by atoms with Crippen molar-refractivity contribution in [2.24, 2.45) is 0 Å². The minimum absolute atomic E-state index is 0.314. The molecule has 144 valence electrons. The van der Waals surface area contributed by atoms with E-state index in [0.29, 0.717) is 0 Å². The van der Waals surface area contributed by atoms with Crippen molar-refractivity contribution in [3.8, 4) is 0 Å². The van der Waals surface area contributed by atoms with Crippen LogP contribution >= 0.6 is 41.7 Å². The highest BCUT2D eigenvalue weighted by atomic mass is 35.6. The molecular weight excluding hydrogens is 434 g/mol. The smallest absolute Gasteiger partial charge is 0.331 e. The van der Waals surface area contributed by atoms with Crippen LogP contribution in [0.15, 0.2) is 91.0 Å². The lowest BCUT2D eigenvalue weighted by molar-refractivity contribution is -0.134. The van der Waals surface area contributed by atoms with Gasteiger partial charge in [-0.25, -0.2) is 4.79 Å². The van der Waals surface area contributed by atoms with Gasteiger partial charge in [0.2, 0.25) is 3.79 Å². The van der Waals surface area contributed by atoms with Crippen LogP contribution in [0.4, 0.5) is 0 Å². The summed E-state index contributed by atoms with van der Waals surface area (Å²) in [6.45, 7) is -2.73. The summed E-state index contributed by atoms with van der Waals surface area (Å²) in [7, 11) is 0. The molecule has 0 fully saturated rings. The Hall–Kier alpha value is -1.70. The van der Waals surface area contributed by atoms with Crippen LogP contribution in [-0.2, 0) is 9.53 Å². The molecule has 0 aromatic heterocycles. The Balaban J connectivity index is 2.25. The first-order valence-corrected chi connectivity index (χ1v) is 11.6. The molecule has 3 rings (SSSR count). The van der Waals surface area contributed by atoms with Gasteiger partial charge in [0, 0.05) is 5.80 Å². The highest BCUT2D eigenvalue weighted by Crippen LogP contribution is 2.43. The molecule has 3 aromatic carbocycles. The quantitative estimate of drug-likeness (QED) is 0.319. The van der Waals surface area contributed by atoms with Crippen LogP contribution in [0.25, 0.3) is 0 Å². The Bertz CT molecular complexity index is 866. The van der Waals surface area contributed by atoms with Gasteiger partial charge in [-0.05, 0) is 22.8 Å². The van der Waals surface area contributed by atoms with Crippen molar-refractivity contribution in [1.29, 1.82) is 0 Å². The van der Waals surface area contributed by atoms with E-state index in [-0.39, 0.29) is 6.61 Å². The molecule has 28 heavy (non-hydrogen) atoms. The monoisotopic (exact) mass is 450 g/mol. The number of rotatable bonds is 5. The maximum Gasteiger partial charge on any atom is 0.331 e. The molecule has 0 spiro atoms. The van der Waals surface area contributed by atoms with Gasteiger partial charge < -0.3 is 4.74 Å². The van der Waals surface area contributed by atoms with Crippen LogP contribution in [0.2, 0.25) is 0 Å². The zero-order valence-electron chi connectivity index (χ0n) is 14.8. The van der Waals surface area contributed by atoms with Crippen molar-refractivity contribution in [1.82, 2.24) is 0 Å². The molecule has 0 bridgehead atoms. The van der Waals surface area contributed by atoms with Gasteiger partial charge in [0.25, 0.3) is 0 Å². The number of ether oxygens (including phenoxy) is 1. The minimum Gasteiger partial charge on any atom is -0.458 e. The summed E-state index contributed by atoms with van der Waals surface area (Å²) in [5.41, 5.74) is 0. The first-order valence-electron chi connectivity index (χ1n) is 8.57. The lowest BCUT2D eigenvalue weighted by Gasteiger charge is -2.28. The third kappa shape index (κ3) is 5.01. The summed E-state index contributed by atoms with van der Waals surface area (Å²) in [6.07, 6.45) is 0. The number of carbonyl (C=O) groups is 1. The minimum atomic E-state index is -2.42. The third-order valence-electron chi connectivity index (χ3n) is 4.17. The molecule has 0 unspecified atom stereocenters. The van der Waals surface area contributed by atoms with E-state index in [4.69, 9.17) is 39.5 Å². The van der Waals surface area contributed by atoms with Gasteiger partial charge in [-0.1, -0.05) is 126 Å². The molecular formula is C22H18Cl3O2P. The molecule has 0 aliphatic heterocycles. The molecule has 0 aliphatic carbocycles. The maximum absolute atomic E-state index is 12.8. The van der Waals surface area contributed by atoms with Crippen molar-refractivity contribution in [3.63, 3.8) is 0 Å². The van der Waals surface area contributed by atoms with Gasteiger partial charge in [-0.2, -0.15) is 0 Å². The maximum atomic E-state index is 12.8. The van der Waals surface area contributed by atoms with Crippen molar-refractivity contribution in [2.45, 2.75) is 3.79 Å². The number of hydrogen-bond donors (Lipinski definition) is 0. The molecule has 6 heteroatoms. The molecule has 0 saturated heterocycles. The van der Waals surface area contributed by atoms with Gasteiger partial charge in [-0.15, -0.1) is 0 Å². The summed E-state index contributed by atoms with van der Waals surface area (Å²) < 4.78 is 3.61. The summed E-state index contributed by atoms with van der Waals surface area (Å²) in [6, 6.07) is 29.9. The van der Waals surface area contributed by atoms with Crippen LogP contribution < -0.4 is 15.9 Å². The Morgan fingerprint density at radius 2 is 1.11 bits per heavy atom. The Morgan fingerprint density at radius 3 is 1.43 bits per heavy atom. The average Bonchev–Trinajstić information content (AvgIpc) is 2.72. The second kappa shape index (κ2) is 9.20. The summed E-state index contributed by atoms with van der Waals surface area (Å²) in [5, 5.41) is 3.12. The molecule has 2 nitrogen and oxygen atoms in total. The lowest BCUT2D eigenvalue weighted by Crippen LogP contribution is -2.29. The van der Waals surface area contributed by atoms with E-state index in [0.717, 1.165) is 15.9 Å². The molecule has 0 aliphatic rings. The summed E-state index contributed by atoms with van der Waals surface area (Å²) in [5.74, 6) is 1.14. The molecule has 0 atom stereocenters. The normalized spacial score (nSPS) is 11.7. The van der Waals surface area contributed by atoms with Crippen LogP contribution in [0, 0.1) is 0 Å². The molecule has 0 saturated carbocycles. The number of carbonyl (C=O) groups excluding carboxylic acids is 1. The van der Waals surface area contributed by atoms with Gasteiger partial charge in [0.05, 0.1) is 0 Å². The molecule has 0 amide bonds. The van der Waals surface area contributed by atoms with E-state index in [2.05, 4.69) is 0 Å². The highest BCUT2D eigenvalue weighted by molar-refractivity contribution is 7.95. The molecule has 0 radical (unpaired) electrons. The van der Waals surface area contributed by atoms with Crippen molar-refractivity contribution < 1.29 is 9.53 Å². The van der Waals surface area contributed by atoms with E-state index < -0.39 is 16.6 Å². The Kier molecular flexibility index (Phi) is 6.91. The molecule has 3 aromatic rings. The predicted octanol–water partition coefficient (Wildman–Crippen LogP) is 4.70. The number of alkyl halides is 3. The molecule has 0 heterocycles. The van der Waals surface area contributed by atoms with Gasteiger partial charge in [0.1, 0.15) is 6.61 Å². The first kappa shape index (κ1) is 21.0. The summed E-state index contributed by atoms with van der Waals surface area (Å²) >= 11 is 17.2. The van der Waals surface area contributed by atoms with E-state index >= 15 is 0 Å². The van der Waals surface area contributed by atoms with Crippen LogP contribution in [0.5, 0.6) is 0 Å². The number of hydrogen-bond acceptors (Lipinski definition) is 2. The average molecular weight is 452 g/mol. The topological polar surface area (TPSA) is 26.3 Å². The van der Waals surface area contributed by atoms with Crippen LogP contribution in [-0.4, -0.2) is 22.2 Å². The van der Waals surface area contributed by atoms with Crippen molar-refractivity contribution in [2.75, 3.05) is 6.61 Å². The predicted molar refractivity (Wildman–Crippen MR) is 122 cm³/mol. The number of halogens is 3. The third-order valence-corrected chi connectivity index (χ3v) is 8.43. The zero-order chi connectivity index (χ0) is 20.0. The standard InChI is InChI=1S/C22H18Cl3O2P/c23-22(24,25)17-27-21(26)16-28(18-10-4-1-5-11-18,19-12-6-2-7-13-19)20-14-8-3-9-15-20/h1-16H,17H2. The van der Waals surface area contributed by atoms with E-state index in [1.165, 1.54) is 0 Å². The second-order valence-corrected chi connectivity index (χ2v) is 11.9. The van der Waals surface area contributed by atoms with Crippen LogP contribution in [0.1, 0.15) is 0 Å². The van der Waals surface area contributed by atoms with E-state index in [9.17, 15) is 4.79 Å². The van der Waals surface area contributed by atoms with Crippen molar-refractivity contribution >= 4 is 69.4 Å². The Labute approximate surface area is 180 Å². The van der Waals surface area contributed by atoms with Gasteiger partial charge >= 0.3 is 5.97 Å². The summed E-state index contributed by atoms with van der Waals surface area (Å²) in [4.78, 5) is 12.8. The zero-order valence-corrected chi connectivity index (χ0v) is 18.0. The fourth-order valence-corrected chi connectivity index (χ4v) is 6.83. The largest absolute Gasteiger partial charge is 0.458 e. The fraction of sp³-hybridized carbons (Fsp3) is 0.0909. The Morgan fingerprint density at radius 1 is 0.750 bits per heavy atom. The van der Waals surface area contributed by atoms with E-state index in [1.807, 2.05) is 91.0 Å². The SMILES string of the molecule is O=C(C=P(c1ccccc1)(c1ccccc1)c1ccccc1)OCC(Cl)(Cl)Cl. The van der Waals surface area contributed by atoms with Gasteiger partial charge in [0.15, 0.2) is 0 Å². The van der Waals surface area contributed by atoms with Crippen LogP contribution in [0.3, 0.4) is 0 Å². The first-order chi connectivity index (χ1) is 13.4. The number of esters is 1.